The molecule has 134 valence electrons. The summed E-state index contributed by atoms with van der Waals surface area (Å²) in [5, 5.41) is 11.6. The lowest BCUT2D eigenvalue weighted by Gasteiger charge is -2.07. The molecule has 3 aromatic rings. The van der Waals surface area contributed by atoms with Crippen molar-refractivity contribution in [1.29, 1.82) is 0 Å². The second-order valence-corrected chi connectivity index (χ2v) is 6.83. The summed E-state index contributed by atoms with van der Waals surface area (Å²) in [5.41, 5.74) is 0.267. The van der Waals surface area contributed by atoms with E-state index in [2.05, 4.69) is 20.8 Å². The molecule has 0 atom stereocenters. The molecule has 0 fully saturated rings. The molecule has 2 N–H and O–H groups in total. The van der Waals surface area contributed by atoms with E-state index in [-0.39, 0.29) is 30.5 Å². The number of hydrogen-bond donors (Lipinski definition) is 2. The van der Waals surface area contributed by atoms with Crippen LogP contribution in [0.25, 0.3) is 10.7 Å². The number of carbonyl (C=O) groups is 2. The summed E-state index contributed by atoms with van der Waals surface area (Å²) >= 11 is 13.3. The van der Waals surface area contributed by atoms with Crippen LogP contribution in [0.2, 0.25) is 10.0 Å². The first-order valence-electron chi connectivity index (χ1n) is 7.43. The fraction of sp³-hybridized carbons (Fsp3) is 0.125. The van der Waals surface area contributed by atoms with Crippen LogP contribution in [-0.4, -0.2) is 35.0 Å². The maximum atomic E-state index is 12.1. The first-order valence-corrected chi connectivity index (χ1v) is 9.07. The van der Waals surface area contributed by atoms with E-state index in [1.54, 1.807) is 12.1 Å². The zero-order valence-corrected chi connectivity index (χ0v) is 15.5. The number of rotatable bonds is 6. The van der Waals surface area contributed by atoms with Crippen LogP contribution < -0.4 is 10.6 Å². The predicted octanol–water partition coefficient (Wildman–Crippen LogP) is 3.26. The highest BCUT2D eigenvalue weighted by Crippen LogP contribution is 2.21. The van der Waals surface area contributed by atoms with E-state index in [0.717, 1.165) is 4.88 Å². The summed E-state index contributed by atoms with van der Waals surface area (Å²) in [5.74, 6) is -0.688. The molecule has 0 unspecified atom stereocenters. The highest BCUT2D eigenvalue weighted by atomic mass is 35.5. The van der Waals surface area contributed by atoms with Gasteiger partial charge in [0.05, 0.1) is 15.5 Å². The zero-order chi connectivity index (χ0) is 18.5. The minimum Gasteiger partial charge on any atom is -0.350 e. The highest BCUT2D eigenvalue weighted by Gasteiger charge is 2.16. The molecule has 0 radical (unpaired) electrons. The Morgan fingerprint density at radius 3 is 2.62 bits per heavy atom. The average molecular weight is 411 g/mol. The Balaban J connectivity index is 1.48. The van der Waals surface area contributed by atoms with Crippen molar-refractivity contribution in [2.45, 2.75) is 0 Å². The molecular formula is C16H12Cl2N4O3S. The van der Waals surface area contributed by atoms with Gasteiger partial charge >= 0.3 is 11.8 Å². The Labute approximate surface area is 162 Å². The van der Waals surface area contributed by atoms with E-state index in [1.807, 2.05) is 17.5 Å². The van der Waals surface area contributed by atoms with Crippen molar-refractivity contribution in [1.82, 2.24) is 20.8 Å². The maximum Gasteiger partial charge on any atom is 0.316 e. The Morgan fingerprint density at radius 2 is 1.88 bits per heavy atom. The smallest absolute Gasteiger partial charge is 0.316 e. The third kappa shape index (κ3) is 4.40. The van der Waals surface area contributed by atoms with Crippen LogP contribution in [0.4, 0.5) is 0 Å². The molecule has 2 aromatic heterocycles. The van der Waals surface area contributed by atoms with Gasteiger partial charge in [-0.15, -0.1) is 11.3 Å². The van der Waals surface area contributed by atoms with Crippen LogP contribution in [0.1, 0.15) is 21.0 Å². The molecule has 7 nitrogen and oxygen atoms in total. The van der Waals surface area contributed by atoms with Gasteiger partial charge < -0.3 is 15.2 Å². The van der Waals surface area contributed by atoms with Gasteiger partial charge in [0, 0.05) is 18.1 Å². The number of thiophene rings is 1. The lowest BCUT2D eigenvalue weighted by Crippen LogP contribution is -2.34. The summed E-state index contributed by atoms with van der Waals surface area (Å²) in [6, 6.07) is 8.29. The Hall–Kier alpha value is -2.42. The van der Waals surface area contributed by atoms with Gasteiger partial charge in [0.15, 0.2) is 0 Å². The van der Waals surface area contributed by atoms with Crippen LogP contribution in [0.5, 0.6) is 0 Å². The number of halogens is 2. The molecule has 0 saturated heterocycles. The Morgan fingerprint density at radius 1 is 1.12 bits per heavy atom. The van der Waals surface area contributed by atoms with Crippen molar-refractivity contribution in [3.8, 4) is 10.7 Å². The molecular weight excluding hydrogens is 399 g/mol. The lowest BCUT2D eigenvalue weighted by atomic mass is 10.2. The molecule has 0 aliphatic carbocycles. The molecule has 3 rings (SSSR count). The van der Waals surface area contributed by atoms with Crippen LogP contribution in [0, 0.1) is 0 Å². The number of amides is 2. The van der Waals surface area contributed by atoms with Gasteiger partial charge in [-0.3, -0.25) is 9.59 Å². The van der Waals surface area contributed by atoms with E-state index in [1.165, 1.54) is 17.4 Å². The highest BCUT2D eigenvalue weighted by molar-refractivity contribution is 7.13. The molecule has 10 heteroatoms. The van der Waals surface area contributed by atoms with Crippen molar-refractivity contribution in [3.63, 3.8) is 0 Å². The molecule has 0 spiro atoms. The first-order chi connectivity index (χ1) is 12.5. The van der Waals surface area contributed by atoms with Gasteiger partial charge in [-0.2, -0.15) is 4.98 Å². The fourth-order valence-corrected chi connectivity index (χ4v) is 3.04. The molecule has 2 heterocycles. The van der Waals surface area contributed by atoms with Crippen LogP contribution >= 0.6 is 34.5 Å². The summed E-state index contributed by atoms with van der Waals surface area (Å²) in [6.45, 7) is 0.374. The maximum absolute atomic E-state index is 12.1. The normalized spacial score (nSPS) is 10.5. The van der Waals surface area contributed by atoms with E-state index in [0.29, 0.717) is 15.9 Å². The second-order valence-electron chi connectivity index (χ2n) is 5.04. The van der Waals surface area contributed by atoms with Gasteiger partial charge in [0.25, 0.3) is 5.91 Å². The minimum absolute atomic E-state index is 0.141. The lowest BCUT2D eigenvalue weighted by molar-refractivity contribution is 0.0898. The third-order valence-corrected chi connectivity index (χ3v) is 4.66. The van der Waals surface area contributed by atoms with Gasteiger partial charge in [0.1, 0.15) is 0 Å². The monoisotopic (exact) mass is 410 g/mol. The summed E-state index contributed by atoms with van der Waals surface area (Å²) < 4.78 is 4.94. The van der Waals surface area contributed by atoms with Crippen molar-refractivity contribution in [3.05, 3.63) is 57.2 Å². The molecule has 0 saturated carbocycles. The summed E-state index contributed by atoms with van der Waals surface area (Å²) in [4.78, 5) is 28.9. The second kappa shape index (κ2) is 8.31. The van der Waals surface area contributed by atoms with Crippen LogP contribution in [-0.2, 0) is 0 Å². The molecule has 1 aromatic carbocycles. The summed E-state index contributed by atoms with van der Waals surface area (Å²) in [6.07, 6.45) is 0. The van der Waals surface area contributed by atoms with Crippen molar-refractivity contribution >= 4 is 46.4 Å². The van der Waals surface area contributed by atoms with E-state index in [4.69, 9.17) is 27.7 Å². The Bertz CT molecular complexity index is 927. The number of aromatic nitrogens is 2. The predicted molar refractivity (Wildman–Crippen MR) is 98.7 cm³/mol. The van der Waals surface area contributed by atoms with Gasteiger partial charge in [-0.1, -0.05) is 34.4 Å². The fourth-order valence-electron chi connectivity index (χ4n) is 2.02. The van der Waals surface area contributed by atoms with Gasteiger partial charge in [-0.25, -0.2) is 0 Å². The molecule has 2 amide bonds. The number of benzene rings is 1. The Kier molecular flexibility index (Phi) is 5.87. The van der Waals surface area contributed by atoms with Crippen molar-refractivity contribution in [2.24, 2.45) is 0 Å². The quantitative estimate of drug-likeness (QED) is 0.607. The van der Waals surface area contributed by atoms with Crippen LogP contribution in [0.3, 0.4) is 0 Å². The third-order valence-electron chi connectivity index (χ3n) is 3.23. The SMILES string of the molecule is O=C(NCCNC(=O)c1cc(Cl)ccc1Cl)c1nc(-c2cccs2)no1. The average Bonchev–Trinajstić information content (AvgIpc) is 3.31. The number of carbonyl (C=O) groups excluding carboxylic acids is 2. The number of nitrogens with one attached hydrogen (secondary N) is 2. The zero-order valence-electron chi connectivity index (χ0n) is 13.2. The molecule has 26 heavy (non-hydrogen) atoms. The van der Waals surface area contributed by atoms with Gasteiger partial charge in [0.2, 0.25) is 5.82 Å². The standard InChI is InChI=1S/C16H12Cl2N4O3S/c17-9-3-4-11(18)10(8-9)14(23)19-5-6-20-15(24)16-21-13(22-25-16)12-2-1-7-26-12/h1-4,7-8H,5-6H2,(H,19,23)(H,20,24). The topological polar surface area (TPSA) is 97.1 Å². The molecule has 0 aliphatic rings. The molecule has 0 bridgehead atoms. The van der Waals surface area contributed by atoms with E-state index < -0.39 is 5.91 Å². The minimum atomic E-state index is -0.518. The van der Waals surface area contributed by atoms with E-state index >= 15 is 0 Å². The summed E-state index contributed by atoms with van der Waals surface area (Å²) in [7, 11) is 0. The van der Waals surface area contributed by atoms with Crippen molar-refractivity contribution < 1.29 is 14.1 Å². The molecule has 0 aliphatic heterocycles. The van der Waals surface area contributed by atoms with Crippen molar-refractivity contribution in [2.75, 3.05) is 13.1 Å². The number of nitrogens with zero attached hydrogens (tertiary/aromatic N) is 2. The number of hydrogen-bond acceptors (Lipinski definition) is 6. The van der Waals surface area contributed by atoms with E-state index in [9.17, 15) is 9.59 Å². The van der Waals surface area contributed by atoms with Crippen LogP contribution in [0.15, 0.2) is 40.2 Å². The van der Waals surface area contributed by atoms with Gasteiger partial charge in [-0.05, 0) is 29.6 Å². The largest absolute Gasteiger partial charge is 0.350 e. The first kappa shape index (κ1) is 18.4.